The fourth-order valence-electron chi connectivity index (χ4n) is 1.90. The smallest absolute Gasteiger partial charge is 0.338 e. The lowest BCUT2D eigenvalue weighted by atomic mass is 10.0. The molecule has 0 amide bonds. The first kappa shape index (κ1) is 15.0. The molecule has 0 aliphatic rings. The van der Waals surface area contributed by atoms with Crippen molar-refractivity contribution in [1.82, 2.24) is 0 Å². The molecule has 0 spiro atoms. The summed E-state index contributed by atoms with van der Waals surface area (Å²) in [5, 5.41) is 8.90. The summed E-state index contributed by atoms with van der Waals surface area (Å²) < 4.78 is 5.15. The van der Waals surface area contributed by atoms with Crippen LogP contribution >= 0.6 is 0 Å². The van der Waals surface area contributed by atoms with Crippen LogP contribution in [0.1, 0.15) is 12.5 Å². The van der Waals surface area contributed by atoms with Crippen molar-refractivity contribution in [3.63, 3.8) is 0 Å². The minimum Gasteiger partial charge on any atom is -0.423 e. The van der Waals surface area contributed by atoms with E-state index in [2.05, 4.69) is 6.58 Å². The molecule has 2 aromatic rings. The minimum absolute atomic E-state index is 0.155. The normalized spacial score (nSPS) is 10.2. The Labute approximate surface area is 124 Å². The molecule has 0 unspecified atom stereocenters. The lowest BCUT2D eigenvalue weighted by molar-refractivity contribution is -0.130. The second kappa shape index (κ2) is 6.86. The Morgan fingerprint density at radius 2 is 1.57 bits per heavy atom. The molecule has 0 fully saturated rings. The van der Waals surface area contributed by atoms with Crippen LogP contribution in [0.25, 0.3) is 11.1 Å². The van der Waals surface area contributed by atoms with Gasteiger partial charge in [0.25, 0.3) is 0 Å². The molecule has 0 radical (unpaired) electrons. The van der Waals surface area contributed by atoms with Gasteiger partial charge >= 0.3 is 5.97 Å². The lowest BCUT2D eigenvalue weighted by Gasteiger charge is -2.06. The molecule has 0 saturated heterocycles. The van der Waals surface area contributed by atoms with Crippen LogP contribution in [0.5, 0.6) is 5.75 Å². The molecule has 3 heteroatoms. The zero-order chi connectivity index (χ0) is 15.2. The number of carbonyl (C=O) groups excluding carboxylic acids is 1. The Bertz CT molecular complexity index is 625. The molecule has 0 aliphatic heterocycles. The van der Waals surface area contributed by atoms with Gasteiger partial charge in [-0.3, -0.25) is 0 Å². The number of ether oxygens (including phenoxy) is 1. The first-order valence-corrected chi connectivity index (χ1v) is 6.78. The topological polar surface area (TPSA) is 46.5 Å². The highest BCUT2D eigenvalue weighted by atomic mass is 16.5. The molecule has 108 valence electrons. The SMILES string of the molecule is C=C(C)C(=O)Oc1ccc(-c2ccc(CCO)cc2)cc1. The van der Waals surface area contributed by atoms with E-state index in [1.54, 1.807) is 19.1 Å². The molecule has 2 rings (SSSR count). The molecular formula is C18H18O3. The van der Waals surface area contributed by atoms with Crippen LogP contribution in [0.15, 0.2) is 60.7 Å². The maximum Gasteiger partial charge on any atom is 0.338 e. The summed E-state index contributed by atoms with van der Waals surface area (Å²) in [5.74, 6) is 0.0831. The molecule has 0 aliphatic carbocycles. The minimum atomic E-state index is -0.420. The summed E-state index contributed by atoms with van der Waals surface area (Å²) in [6.07, 6.45) is 0.663. The third-order valence-electron chi connectivity index (χ3n) is 3.10. The predicted octanol–water partition coefficient (Wildman–Crippen LogP) is 3.37. The number of carbonyl (C=O) groups is 1. The monoisotopic (exact) mass is 282 g/mol. The Hall–Kier alpha value is -2.39. The highest BCUT2D eigenvalue weighted by Gasteiger charge is 2.05. The van der Waals surface area contributed by atoms with Gasteiger partial charge in [0.1, 0.15) is 5.75 Å². The van der Waals surface area contributed by atoms with Gasteiger partial charge in [-0.2, -0.15) is 0 Å². The van der Waals surface area contributed by atoms with Crippen LogP contribution in [0.4, 0.5) is 0 Å². The molecule has 1 N–H and O–H groups in total. The summed E-state index contributed by atoms with van der Waals surface area (Å²) in [6.45, 7) is 5.32. The number of rotatable bonds is 5. The van der Waals surface area contributed by atoms with E-state index in [1.807, 2.05) is 36.4 Å². The maximum atomic E-state index is 11.4. The molecule has 21 heavy (non-hydrogen) atoms. The van der Waals surface area contributed by atoms with Gasteiger partial charge < -0.3 is 9.84 Å². The first-order valence-electron chi connectivity index (χ1n) is 6.78. The molecule has 3 nitrogen and oxygen atoms in total. The fourth-order valence-corrected chi connectivity index (χ4v) is 1.90. The highest BCUT2D eigenvalue weighted by Crippen LogP contribution is 2.23. The van der Waals surface area contributed by atoms with Crippen LogP contribution in [0.3, 0.4) is 0 Å². The average Bonchev–Trinajstić information content (AvgIpc) is 2.49. The highest BCUT2D eigenvalue weighted by molar-refractivity contribution is 5.88. The number of aliphatic hydroxyl groups is 1. The van der Waals surface area contributed by atoms with E-state index in [-0.39, 0.29) is 6.61 Å². The predicted molar refractivity (Wildman–Crippen MR) is 83.1 cm³/mol. The van der Waals surface area contributed by atoms with Crippen LogP contribution in [0.2, 0.25) is 0 Å². The van der Waals surface area contributed by atoms with Crippen molar-refractivity contribution in [2.75, 3.05) is 6.61 Å². The second-order valence-electron chi connectivity index (χ2n) is 4.86. The number of aliphatic hydroxyl groups excluding tert-OH is 1. The number of esters is 1. The van der Waals surface area contributed by atoms with Gasteiger partial charge in [-0.1, -0.05) is 43.0 Å². The molecular weight excluding hydrogens is 264 g/mol. The standard InChI is InChI=1S/C18H18O3/c1-13(2)18(20)21-17-9-7-16(8-10-17)15-5-3-14(4-6-15)11-12-19/h3-10,19H,1,11-12H2,2H3. The van der Waals surface area contributed by atoms with Crippen molar-refractivity contribution < 1.29 is 14.6 Å². The molecule has 0 atom stereocenters. The van der Waals surface area contributed by atoms with Crippen LogP contribution in [-0.2, 0) is 11.2 Å². The first-order chi connectivity index (χ1) is 10.1. The van der Waals surface area contributed by atoms with E-state index in [9.17, 15) is 4.79 Å². The van der Waals surface area contributed by atoms with E-state index in [0.29, 0.717) is 17.7 Å². The summed E-state index contributed by atoms with van der Waals surface area (Å²) in [7, 11) is 0. The number of benzene rings is 2. The Balaban J connectivity index is 2.11. The average molecular weight is 282 g/mol. The summed E-state index contributed by atoms with van der Waals surface area (Å²) in [5.41, 5.74) is 3.60. The third kappa shape index (κ3) is 4.04. The third-order valence-corrected chi connectivity index (χ3v) is 3.10. The quantitative estimate of drug-likeness (QED) is 0.519. The molecule has 0 saturated carbocycles. The van der Waals surface area contributed by atoms with Gasteiger partial charge in [0, 0.05) is 12.2 Å². The van der Waals surface area contributed by atoms with E-state index < -0.39 is 5.97 Å². The lowest BCUT2D eigenvalue weighted by Crippen LogP contribution is -2.07. The summed E-state index contributed by atoms with van der Waals surface area (Å²) >= 11 is 0. The Morgan fingerprint density at radius 1 is 1.05 bits per heavy atom. The van der Waals surface area contributed by atoms with Crippen molar-refractivity contribution in [3.8, 4) is 16.9 Å². The van der Waals surface area contributed by atoms with Gasteiger partial charge in [-0.25, -0.2) is 4.79 Å². The summed E-state index contributed by atoms with van der Waals surface area (Å²) in [4.78, 5) is 11.4. The van der Waals surface area contributed by atoms with Gasteiger partial charge in [-0.05, 0) is 42.2 Å². The second-order valence-corrected chi connectivity index (χ2v) is 4.86. The van der Waals surface area contributed by atoms with Crippen molar-refractivity contribution in [2.24, 2.45) is 0 Å². The van der Waals surface area contributed by atoms with Crippen LogP contribution in [0, 0.1) is 0 Å². The van der Waals surface area contributed by atoms with Crippen molar-refractivity contribution in [3.05, 3.63) is 66.2 Å². The van der Waals surface area contributed by atoms with Crippen LogP contribution in [-0.4, -0.2) is 17.7 Å². The molecule has 0 heterocycles. The van der Waals surface area contributed by atoms with Gasteiger partial charge in [-0.15, -0.1) is 0 Å². The van der Waals surface area contributed by atoms with Crippen molar-refractivity contribution in [2.45, 2.75) is 13.3 Å². The van der Waals surface area contributed by atoms with Gasteiger partial charge in [0.05, 0.1) is 0 Å². The van der Waals surface area contributed by atoms with Crippen molar-refractivity contribution in [1.29, 1.82) is 0 Å². The van der Waals surface area contributed by atoms with Crippen molar-refractivity contribution >= 4 is 5.97 Å². The molecule has 0 bridgehead atoms. The fraction of sp³-hybridized carbons (Fsp3) is 0.167. The maximum absolute atomic E-state index is 11.4. The summed E-state index contributed by atoms with van der Waals surface area (Å²) in [6, 6.07) is 15.4. The van der Waals surface area contributed by atoms with Gasteiger partial charge in [0.2, 0.25) is 0 Å². The van der Waals surface area contributed by atoms with E-state index in [4.69, 9.17) is 9.84 Å². The van der Waals surface area contributed by atoms with Crippen LogP contribution < -0.4 is 4.74 Å². The Morgan fingerprint density at radius 3 is 2.05 bits per heavy atom. The number of hydrogen-bond donors (Lipinski definition) is 1. The zero-order valence-electron chi connectivity index (χ0n) is 12.0. The number of hydrogen-bond acceptors (Lipinski definition) is 3. The largest absolute Gasteiger partial charge is 0.423 e. The van der Waals surface area contributed by atoms with E-state index in [0.717, 1.165) is 16.7 Å². The molecule has 0 aromatic heterocycles. The molecule has 2 aromatic carbocycles. The van der Waals surface area contributed by atoms with E-state index >= 15 is 0 Å². The van der Waals surface area contributed by atoms with E-state index in [1.165, 1.54) is 0 Å². The Kier molecular flexibility index (Phi) is 4.90. The van der Waals surface area contributed by atoms with Gasteiger partial charge in [0.15, 0.2) is 0 Å². The zero-order valence-corrected chi connectivity index (χ0v) is 12.0.